The van der Waals surface area contributed by atoms with E-state index in [0.29, 0.717) is 11.7 Å². The summed E-state index contributed by atoms with van der Waals surface area (Å²) in [6.45, 7) is 0.890. The number of rotatable bonds is 5. The van der Waals surface area contributed by atoms with Gasteiger partial charge in [-0.25, -0.2) is 0 Å². The molecule has 1 aliphatic heterocycles. The minimum atomic E-state index is -0.474. The molecule has 2 unspecified atom stereocenters. The molecule has 4 nitrogen and oxygen atoms in total. The fourth-order valence-electron chi connectivity index (χ4n) is 3.12. The van der Waals surface area contributed by atoms with Crippen molar-refractivity contribution in [3.05, 3.63) is 0 Å². The zero-order valence-corrected chi connectivity index (χ0v) is 12.5. The van der Waals surface area contributed by atoms with Gasteiger partial charge in [0.25, 0.3) is 0 Å². The smallest absolute Gasteiger partial charge is 0.322 e. The van der Waals surface area contributed by atoms with Crippen LogP contribution >= 0.6 is 11.8 Å². The van der Waals surface area contributed by atoms with E-state index >= 15 is 0 Å². The third kappa shape index (κ3) is 4.10. The minimum absolute atomic E-state index is 0.181. The fourth-order valence-corrected chi connectivity index (χ4v) is 4.53. The Morgan fingerprint density at radius 1 is 1.53 bits per heavy atom. The molecule has 0 aromatic carbocycles. The van der Waals surface area contributed by atoms with Crippen LogP contribution in [0.25, 0.3) is 0 Å². The van der Waals surface area contributed by atoms with Gasteiger partial charge in [0.1, 0.15) is 6.04 Å². The van der Waals surface area contributed by atoms with E-state index in [1.54, 1.807) is 0 Å². The van der Waals surface area contributed by atoms with Crippen LogP contribution in [0.2, 0.25) is 0 Å². The molecule has 2 N–H and O–H groups in total. The van der Waals surface area contributed by atoms with Crippen LogP contribution in [0.5, 0.6) is 0 Å². The molecule has 1 saturated heterocycles. The van der Waals surface area contributed by atoms with Crippen molar-refractivity contribution >= 4 is 17.7 Å². The van der Waals surface area contributed by atoms with Crippen molar-refractivity contribution in [3.63, 3.8) is 0 Å². The van der Waals surface area contributed by atoms with Crippen LogP contribution in [0.15, 0.2) is 0 Å². The molecule has 0 amide bonds. The molecule has 5 heteroatoms. The molecular weight excluding hydrogens is 262 g/mol. The Hall–Kier alpha value is -0.260. The number of ether oxygens (including phenoxy) is 2. The summed E-state index contributed by atoms with van der Waals surface area (Å²) in [7, 11) is 1.39. The molecule has 0 aromatic rings. The van der Waals surface area contributed by atoms with Gasteiger partial charge in [-0.3, -0.25) is 4.79 Å². The first-order valence-corrected chi connectivity index (χ1v) is 8.29. The van der Waals surface area contributed by atoms with Gasteiger partial charge in [-0.15, -0.1) is 0 Å². The molecule has 2 fully saturated rings. The summed E-state index contributed by atoms with van der Waals surface area (Å²) >= 11 is 1.95. The molecular formula is C14H25NO3S. The van der Waals surface area contributed by atoms with Crippen LogP contribution in [-0.2, 0) is 14.3 Å². The Morgan fingerprint density at radius 3 is 2.95 bits per heavy atom. The third-order valence-electron chi connectivity index (χ3n) is 4.25. The van der Waals surface area contributed by atoms with E-state index in [4.69, 9.17) is 10.5 Å². The average molecular weight is 287 g/mol. The Labute approximate surface area is 119 Å². The summed E-state index contributed by atoms with van der Waals surface area (Å²) in [6.07, 6.45) is 8.07. The van der Waals surface area contributed by atoms with Crippen LogP contribution < -0.4 is 5.73 Å². The highest BCUT2D eigenvalue weighted by Gasteiger charge is 2.39. The second kappa shape index (κ2) is 6.95. The van der Waals surface area contributed by atoms with E-state index in [1.165, 1.54) is 39.2 Å². The zero-order chi connectivity index (χ0) is 13.7. The number of carbonyl (C=O) groups excluding carboxylic acids is 1. The number of nitrogens with two attached hydrogens (primary N) is 1. The summed E-state index contributed by atoms with van der Waals surface area (Å²) in [5.74, 6) is 0.622. The highest BCUT2D eigenvalue weighted by atomic mass is 32.2. The monoisotopic (exact) mass is 287 g/mol. The highest BCUT2D eigenvalue weighted by Crippen LogP contribution is 2.43. The molecule has 19 heavy (non-hydrogen) atoms. The van der Waals surface area contributed by atoms with Gasteiger partial charge in [0.15, 0.2) is 0 Å². The maximum atomic E-state index is 11.2. The van der Waals surface area contributed by atoms with Crippen molar-refractivity contribution in [1.82, 2.24) is 0 Å². The van der Waals surface area contributed by atoms with Gasteiger partial charge in [-0.05, 0) is 37.9 Å². The molecule has 0 bridgehead atoms. The number of thioether (sulfide) groups is 1. The number of methoxy groups -OCH3 is 1. The molecule has 1 aliphatic carbocycles. The summed E-state index contributed by atoms with van der Waals surface area (Å²) in [5, 5.41) is 0.664. The Bertz CT molecular complexity index is 305. The zero-order valence-electron chi connectivity index (χ0n) is 11.7. The second-order valence-electron chi connectivity index (χ2n) is 5.64. The van der Waals surface area contributed by atoms with Gasteiger partial charge in [0, 0.05) is 11.9 Å². The van der Waals surface area contributed by atoms with Crippen LogP contribution in [-0.4, -0.2) is 42.3 Å². The normalized spacial score (nSPS) is 27.4. The molecule has 0 aromatic heterocycles. The van der Waals surface area contributed by atoms with Gasteiger partial charge in [-0.2, -0.15) is 11.8 Å². The third-order valence-corrected chi connectivity index (χ3v) is 5.59. The fraction of sp³-hybridized carbons (Fsp3) is 0.929. The number of hydrogen-bond donors (Lipinski definition) is 1. The van der Waals surface area contributed by atoms with Crippen LogP contribution in [0, 0.1) is 0 Å². The molecule has 2 aliphatic rings. The number of carbonyl (C=O) groups is 1. The quantitative estimate of drug-likeness (QED) is 0.785. The van der Waals surface area contributed by atoms with E-state index in [1.807, 2.05) is 11.8 Å². The lowest BCUT2D eigenvalue weighted by molar-refractivity contribution is -0.142. The second-order valence-corrected chi connectivity index (χ2v) is 7.05. The van der Waals surface area contributed by atoms with E-state index in [9.17, 15) is 4.79 Å². The van der Waals surface area contributed by atoms with Crippen molar-refractivity contribution in [1.29, 1.82) is 0 Å². The molecule has 1 heterocycles. The Balaban J connectivity index is 1.69. The molecule has 1 spiro atoms. The molecule has 0 radical (unpaired) electrons. The van der Waals surface area contributed by atoms with Gasteiger partial charge in [0.05, 0.1) is 12.7 Å². The number of hydrogen-bond acceptors (Lipinski definition) is 5. The highest BCUT2D eigenvalue weighted by molar-refractivity contribution is 7.99. The van der Waals surface area contributed by atoms with Crippen molar-refractivity contribution in [3.8, 4) is 0 Å². The summed E-state index contributed by atoms with van der Waals surface area (Å²) < 4.78 is 10.7. The maximum Gasteiger partial charge on any atom is 0.322 e. The lowest BCUT2D eigenvalue weighted by atomic mass is 9.92. The van der Waals surface area contributed by atoms with Gasteiger partial charge >= 0.3 is 5.97 Å². The van der Waals surface area contributed by atoms with Crippen LogP contribution in [0.1, 0.15) is 44.9 Å². The summed E-state index contributed by atoms with van der Waals surface area (Å²) in [6, 6.07) is -0.474. The molecule has 1 saturated carbocycles. The number of esters is 1. The van der Waals surface area contributed by atoms with Crippen molar-refractivity contribution in [2.45, 2.75) is 61.8 Å². The average Bonchev–Trinajstić information content (AvgIpc) is 2.85. The van der Waals surface area contributed by atoms with Crippen molar-refractivity contribution < 1.29 is 14.3 Å². The van der Waals surface area contributed by atoms with E-state index in [2.05, 4.69) is 4.74 Å². The van der Waals surface area contributed by atoms with E-state index in [0.717, 1.165) is 18.8 Å². The largest absolute Gasteiger partial charge is 0.468 e. The van der Waals surface area contributed by atoms with Crippen molar-refractivity contribution in [2.75, 3.05) is 19.5 Å². The lowest BCUT2D eigenvalue weighted by Gasteiger charge is -2.38. The maximum absolute atomic E-state index is 11.2. The molecule has 2 rings (SSSR count). The first-order valence-electron chi connectivity index (χ1n) is 7.24. The summed E-state index contributed by atoms with van der Waals surface area (Å²) in [4.78, 5) is 11.2. The predicted octanol–water partition coefficient (Wildman–Crippen LogP) is 2.10. The van der Waals surface area contributed by atoms with E-state index < -0.39 is 6.04 Å². The standard InChI is InChI=1S/C14H25NO3S/c1-17-13(16)12(15)5-9-19-11-4-8-18-14(10-11)6-2-3-7-14/h11-12H,2-10,15H2,1H3. The van der Waals surface area contributed by atoms with Crippen LogP contribution in [0.3, 0.4) is 0 Å². The van der Waals surface area contributed by atoms with Gasteiger partial charge in [0.2, 0.25) is 0 Å². The first-order chi connectivity index (χ1) is 9.15. The molecule has 110 valence electrons. The van der Waals surface area contributed by atoms with Gasteiger partial charge in [-0.1, -0.05) is 12.8 Å². The lowest BCUT2D eigenvalue weighted by Crippen LogP contribution is -2.38. The Morgan fingerprint density at radius 2 is 2.26 bits per heavy atom. The SMILES string of the molecule is COC(=O)C(N)CCSC1CCOC2(CCCC2)C1. The molecule has 2 atom stereocenters. The van der Waals surface area contributed by atoms with Gasteiger partial charge < -0.3 is 15.2 Å². The topological polar surface area (TPSA) is 61.5 Å². The van der Waals surface area contributed by atoms with Crippen molar-refractivity contribution in [2.24, 2.45) is 5.73 Å². The Kier molecular flexibility index (Phi) is 5.54. The summed E-state index contributed by atoms with van der Waals surface area (Å²) in [5.41, 5.74) is 5.93. The van der Waals surface area contributed by atoms with E-state index in [-0.39, 0.29) is 11.6 Å². The first kappa shape index (κ1) is 15.1. The predicted molar refractivity (Wildman–Crippen MR) is 77.2 cm³/mol. The van der Waals surface area contributed by atoms with Crippen LogP contribution in [0.4, 0.5) is 0 Å². The minimum Gasteiger partial charge on any atom is -0.468 e.